The largest absolute Gasteiger partial charge is 0.383 e. The fourth-order valence-corrected chi connectivity index (χ4v) is 9.13. The van der Waals surface area contributed by atoms with E-state index in [1.165, 1.54) is 29.4 Å². The topological polar surface area (TPSA) is 183 Å². The standard InChI is InChI=1S/C35H58N6O8S2/c1-12-14-22(27(42)30(44)36-16-17-49-11)37-29(43)26-25-21(35(25,8)9)19-41(26)31(45)28(34(5,6)7)39-32(46)38-23(33(2,3)4)20-40(10)51(47,48)24-15-13-18-50-24/h13,15,18,21-23,25-26,28H,12,14,16-17,19-20H2,1-11H3,(H,36,44)(H,37,43)(H2,38,39,46)/t21-,22?,23+,25-,26-,28+/m0/s1. The molecular weight excluding hydrogens is 697 g/mol. The number of nitrogens with zero attached hydrogens (tertiary/aromatic N) is 2. The average molecular weight is 755 g/mol. The van der Waals surface area contributed by atoms with Crippen molar-refractivity contribution in [3.63, 3.8) is 0 Å². The summed E-state index contributed by atoms with van der Waals surface area (Å²) in [6, 6.07) is -1.12. The van der Waals surface area contributed by atoms with Crippen LogP contribution in [0.5, 0.6) is 0 Å². The Hall–Kier alpha value is -3.08. The lowest BCUT2D eigenvalue weighted by molar-refractivity contribution is -0.145. The number of sulfonamides is 1. The zero-order chi connectivity index (χ0) is 38.7. The van der Waals surface area contributed by atoms with E-state index in [1.54, 1.807) is 11.4 Å². The number of Topliss-reactive ketones (excluding diaryl/α,β-unsaturated/α-hetero) is 1. The van der Waals surface area contributed by atoms with Crippen molar-refractivity contribution in [3.05, 3.63) is 17.5 Å². The predicted molar refractivity (Wildman–Crippen MR) is 195 cm³/mol. The fraction of sp³-hybridized carbons (Fsp3) is 0.743. The van der Waals surface area contributed by atoms with Crippen LogP contribution in [0.2, 0.25) is 0 Å². The van der Waals surface area contributed by atoms with Gasteiger partial charge in [-0.05, 0) is 45.9 Å². The molecule has 14 nitrogen and oxygen atoms in total. The molecule has 288 valence electrons. The van der Waals surface area contributed by atoms with Crippen LogP contribution in [0.15, 0.2) is 21.7 Å². The third-order valence-electron chi connectivity index (χ3n) is 10.1. The Kier molecular flexibility index (Phi) is 13.5. The lowest BCUT2D eigenvalue weighted by Gasteiger charge is -2.39. The minimum Gasteiger partial charge on any atom is -0.383 e. The van der Waals surface area contributed by atoms with Crippen molar-refractivity contribution in [2.75, 3.05) is 40.4 Å². The van der Waals surface area contributed by atoms with E-state index in [-0.39, 0.29) is 47.6 Å². The van der Waals surface area contributed by atoms with E-state index in [0.717, 1.165) is 11.3 Å². The highest BCUT2D eigenvalue weighted by atomic mass is 32.2. The van der Waals surface area contributed by atoms with Gasteiger partial charge in [0, 0.05) is 39.8 Å². The summed E-state index contributed by atoms with van der Waals surface area (Å²) in [4.78, 5) is 69.2. The van der Waals surface area contributed by atoms with Crippen molar-refractivity contribution in [2.24, 2.45) is 28.1 Å². The van der Waals surface area contributed by atoms with Crippen LogP contribution < -0.4 is 21.3 Å². The monoisotopic (exact) mass is 754 g/mol. The third-order valence-corrected chi connectivity index (χ3v) is 13.3. The quantitative estimate of drug-likeness (QED) is 0.147. The zero-order valence-electron chi connectivity index (χ0n) is 31.9. The smallest absolute Gasteiger partial charge is 0.315 e. The minimum absolute atomic E-state index is 0.0137. The number of piperidine rings is 1. The number of amides is 5. The Morgan fingerprint density at radius 3 is 2.24 bits per heavy atom. The molecule has 51 heavy (non-hydrogen) atoms. The molecule has 4 N–H and O–H groups in total. The fourth-order valence-electron chi connectivity index (χ4n) is 6.74. The molecule has 0 aromatic carbocycles. The molecule has 2 fully saturated rings. The van der Waals surface area contributed by atoms with E-state index in [1.807, 2.05) is 62.3 Å². The maximum atomic E-state index is 14.4. The summed E-state index contributed by atoms with van der Waals surface area (Å²) in [7, 11) is -0.835. The van der Waals surface area contributed by atoms with Gasteiger partial charge >= 0.3 is 6.03 Å². The zero-order valence-corrected chi connectivity index (χ0v) is 33.5. The van der Waals surface area contributed by atoms with Gasteiger partial charge in [0.2, 0.25) is 17.6 Å². The maximum Gasteiger partial charge on any atom is 0.315 e. The van der Waals surface area contributed by atoms with Crippen molar-refractivity contribution in [3.8, 4) is 0 Å². The van der Waals surface area contributed by atoms with Gasteiger partial charge in [-0.15, -0.1) is 11.3 Å². The van der Waals surface area contributed by atoms with E-state index >= 15 is 0 Å². The van der Waals surface area contributed by atoms with Gasteiger partial charge in [-0.3, -0.25) is 19.2 Å². The summed E-state index contributed by atoms with van der Waals surface area (Å²) >= 11 is 1.11. The van der Waals surface area contributed by atoms with Crippen molar-refractivity contribution in [1.82, 2.24) is 30.5 Å². The van der Waals surface area contributed by atoms with Crippen LogP contribution in [0, 0.1) is 28.1 Å². The first-order valence-corrected chi connectivity index (χ1v) is 19.8. The molecule has 1 saturated heterocycles. The molecule has 0 spiro atoms. The number of ketones is 1. The predicted octanol–water partition coefficient (Wildman–Crippen LogP) is 2.60. The lowest BCUT2D eigenvalue weighted by Crippen LogP contribution is -2.62. The van der Waals surface area contributed by atoms with Crippen LogP contribution in [0.25, 0.3) is 0 Å². The first-order chi connectivity index (χ1) is 23.5. The summed E-state index contributed by atoms with van der Waals surface area (Å²) in [5.74, 6) is -2.68. The molecule has 3 rings (SSSR count). The van der Waals surface area contributed by atoms with E-state index < -0.39 is 74.6 Å². The summed E-state index contributed by atoms with van der Waals surface area (Å²) < 4.78 is 32.7. The molecule has 1 aliphatic carbocycles. The third kappa shape index (κ3) is 9.87. The lowest BCUT2D eigenvalue weighted by atomic mass is 9.85. The van der Waals surface area contributed by atoms with Crippen molar-refractivity contribution >= 4 is 50.9 Å². The number of carbonyl (C=O) groups excluding carboxylic acids is 5. The number of rotatable bonds is 16. The molecule has 0 bridgehead atoms. The Balaban J connectivity index is 1.81. The molecule has 16 heteroatoms. The van der Waals surface area contributed by atoms with Gasteiger partial charge in [0.25, 0.3) is 15.9 Å². The van der Waals surface area contributed by atoms with Gasteiger partial charge in [0.1, 0.15) is 16.3 Å². The molecule has 2 aliphatic rings. The second-order valence-electron chi connectivity index (χ2n) is 16.4. The first-order valence-electron chi connectivity index (χ1n) is 17.5. The number of ether oxygens (including phenoxy) is 1. The van der Waals surface area contributed by atoms with Gasteiger partial charge in [0.05, 0.1) is 12.6 Å². The molecule has 5 amide bonds. The summed E-state index contributed by atoms with van der Waals surface area (Å²) in [6.45, 7) is 17.7. The van der Waals surface area contributed by atoms with Crippen molar-refractivity contribution in [2.45, 2.75) is 104 Å². The molecule has 1 saturated carbocycles. The number of nitrogens with one attached hydrogen (secondary N) is 4. The molecular formula is C35H58N6O8S2. The molecule has 0 radical (unpaired) electrons. The number of urea groups is 1. The van der Waals surface area contributed by atoms with Gasteiger partial charge in [-0.1, -0.05) is 74.8 Å². The average Bonchev–Trinajstić information content (AvgIpc) is 3.48. The number of thiophene rings is 1. The molecule has 6 atom stereocenters. The summed E-state index contributed by atoms with van der Waals surface area (Å²) in [5, 5.41) is 12.7. The van der Waals surface area contributed by atoms with Gasteiger partial charge in [0.15, 0.2) is 0 Å². The highest BCUT2D eigenvalue weighted by molar-refractivity contribution is 7.91. The number of hydrogen-bond acceptors (Lipinski definition) is 9. The first kappa shape index (κ1) is 42.3. The van der Waals surface area contributed by atoms with Crippen LogP contribution in [0.1, 0.15) is 75.2 Å². The summed E-state index contributed by atoms with van der Waals surface area (Å²) in [5.41, 5.74) is -1.57. The van der Waals surface area contributed by atoms with E-state index in [0.29, 0.717) is 13.0 Å². The Bertz CT molecular complexity index is 1530. The van der Waals surface area contributed by atoms with E-state index in [4.69, 9.17) is 4.74 Å². The van der Waals surface area contributed by atoms with Crippen molar-refractivity contribution in [1.29, 1.82) is 0 Å². The van der Waals surface area contributed by atoms with Crippen LogP contribution in [0.3, 0.4) is 0 Å². The Labute approximate surface area is 307 Å². The summed E-state index contributed by atoms with van der Waals surface area (Å²) in [6.07, 6.45) is 0.773. The molecule has 1 aromatic heterocycles. The number of carbonyl (C=O) groups is 5. The highest BCUT2D eigenvalue weighted by Crippen LogP contribution is 2.65. The number of fused-ring (bicyclic) bond motifs is 1. The van der Waals surface area contributed by atoms with Gasteiger partial charge in [-0.2, -0.15) is 4.31 Å². The van der Waals surface area contributed by atoms with Crippen LogP contribution in [-0.2, 0) is 33.9 Å². The van der Waals surface area contributed by atoms with Crippen LogP contribution in [-0.4, -0.2) is 112 Å². The van der Waals surface area contributed by atoms with Crippen LogP contribution in [0.4, 0.5) is 4.79 Å². The second-order valence-corrected chi connectivity index (χ2v) is 19.6. The van der Waals surface area contributed by atoms with E-state index in [9.17, 15) is 32.4 Å². The highest BCUT2D eigenvalue weighted by Gasteiger charge is 2.70. The second kappa shape index (κ2) is 16.3. The molecule has 1 aliphatic heterocycles. The molecule has 2 heterocycles. The maximum absolute atomic E-state index is 14.4. The SMILES string of the molecule is CCCC(NC(=O)[C@@H]1[C@@H]2[C@H](CN1C(=O)[C@@H](NC(=O)N[C@H](CN(C)S(=O)(=O)c1cccs1)C(C)(C)C)C(C)(C)C)C2(C)C)C(=O)C(=O)NCCOC. The van der Waals surface area contributed by atoms with Gasteiger partial charge < -0.3 is 30.9 Å². The Morgan fingerprint density at radius 1 is 1.06 bits per heavy atom. The van der Waals surface area contributed by atoms with Crippen LogP contribution >= 0.6 is 11.3 Å². The van der Waals surface area contributed by atoms with Crippen molar-refractivity contribution < 1.29 is 37.1 Å². The Morgan fingerprint density at radius 2 is 1.71 bits per heavy atom. The molecule has 1 unspecified atom stereocenters. The number of likely N-dealkylation sites (tertiary alicyclic amines) is 1. The number of likely N-dealkylation sites (N-methyl/N-ethyl adjacent to an activating group) is 1. The number of methoxy groups -OCH3 is 1. The minimum atomic E-state index is -3.78. The van der Waals surface area contributed by atoms with E-state index in [2.05, 4.69) is 21.3 Å². The molecule has 1 aromatic rings. The van der Waals surface area contributed by atoms with Gasteiger partial charge in [-0.25, -0.2) is 13.2 Å². The number of hydrogen-bond donors (Lipinski definition) is 4. The normalized spacial score (nSPS) is 21.6.